The lowest BCUT2D eigenvalue weighted by atomic mass is 10.1. The number of aryl methyl sites for hydroxylation is 2. The molecule has 0 aliphatic carbocycles. The quantitative estimate of drug-likeness (QED) is 0.670. The van der Waals surface area contributed by atoms with Crippen molar-refractivity contribution in [3.8, 4) is 11.5 Å². The van der Waals surface area contributed by atoms with Crippen molar-refractivity contribution in [3.63, 3.8) is 0 Å². The van der Waals surface area contributed by atoms with E-state index in [1.807, 2.05) is 0 Å². The fourth-order valence-corrected chi connectivity index (χ4v) is 3.45. The SMILES string of the molecule is CCn1c(SCc2cc(C)ccc2C)nnc1-c1cnccn1. The predicted octanol–water partition coefficient (Wildman–Crippen LogP) is 3.66. The molecular weight excluding hydrogens is 306 g/mol. The Hall–Kier alpha value is -2.21. The van der Waals surface area contributed by atoms with Crippen LogP contribution in [0.5, 0.6) is 0 Å². The summed E-state index contributed by atoms with van der Waals surface area (Å²) in [5, 5.41) is 9.55. The molecule has 1 aromatic carbocycles. The molecule has 5 nitrogen and oxygen atoms in total. The predicted molar refractivity (Wildman–Crippen MR) is 92.2 cm³/mol. The van der Waals surface area contributed by atoms with E-state index in [0.29, 0.717) is 0 Å². The van der Waals surface area contributed by atoms with Crippen molar-refractivity contribution in [2.24, 2.45) is 0 Å². The van der Waals surface area contributed by atoms with Crippen LogP contribution in [0.1, 0.15) is 23.6 Å². The Bertz CT molecular complexity index is 798. The molecule has 2 heterocycles. The third kappa shape index (κ3) is 3.42. The molecule has 3 aromatic rings. The molecule has 0 aliphatic heterocycles. The molecule has 23 heavy (non-hydrogen) atoms. The fourth-order valence-electron chi connectivity index (χ4n) is 2.38. The molecule has 118 valence electrons. The van der Waals surface area contributed by atoms with Crippen molar-refractivity contribution < 1.29 is 0 Å². The molecule has 0 bridgehead atoms. The van der Waals surface area contributed by atoms with E-state index in [2.05, 4.69) is 63.7 Å². The smallest absolute Gasteiger partial charge is 0.191 e. The molecule has 0 fully saturated rings. The second kappa shape index (κ2) is 6.91. The Morgan fingerprint density at radius 2 is 2.00 bits per heavy atom. The largest absolute Gasteiger partial charge is 0.301 e. The molecule has 0 saturated heterocycles. The second-order valence-corrected chi connectivity index (χ2v) is 6.30. The summed E-state index contributed by atoms with van der Waals surface area (Å²) in [6.45, 7) is 7.15. The first kappa shape index (κ1) is 15.7. The van der Waals surface area contributed by atoms with Gasteiger partial charge in [-0.2, -0.15) is 0 Å². The number of aromatic nitrogens is 5. The number of hydrogen-bond acceptors (Lipinski definition) is 5. The first-order valence-electron chi connectivity index (χ1n) is 7.57. The van der Waals surface area contributed by atoms with E-state index in [1.54, 1.807) is 30.4 Å². The first-order chi connectivity index (χ1) is 11.2. The van der Waals surface area contributed by atoms with Crippen LogP contribution in [0.25, 0.3) is 11.5 Å². The van der Waals surface area contributed by atoms with Gasteiger partial charge in [0, 0.05) is 24.7 Å². The molecular formula is C17H19N5S. The van der Waals surface area contributed by atoms with Crippen LogP contribution < -0.4 is 0 Å². The maximum Gasteiger partial charge on any atom is 0.191 e. The summed E-state index contributed by atoms with van der Waals surface area (Å²) < 4.78 is 2.08. The van der Waals surface area contributed by atoms with Crippen molar-refractivity contribution >= 4 is 11.8 Å². The fraction of sp³-hybridized carbons (Fsp3) is 0.294. The molecule has 0 spiro atoms. The molecule has 0 amide bonds. The Morgan fingerprint density at radius 1 is 1.13 bits per heavy atom. The van der Waals surface area contributed by atoms with Crippen LogP contribution in [0, 0.1) is 13.8 Å². The first-order valence-corrected chi connectivity index (χ1v) is 8.56. The Balaban J connectivity index is 1.84. The van der Waals surface area contributed by atoms with Crippen molar-refractivity contribution in [3.05, 3.63) is 53.5 Å². The second-order valence-electron chi connectivity index (χ2n) is 5.36. The van der Waals surface area contributed by atoms with Crippen LogP contribution in [0.2, 0.25) is 0 Å². The van der Waals surface area contributed by atoms with Crippen LogP contribution in [-0.4, -0.2) is 24.7 Å². The summed E-state index contributed by atoms with van der Waals surface area (Å²) in [4.78, 5) is 8.43. The summed E-state index contributed by atoms with van der Waals surface area (Å²) in [7, 11) is 0. The van der Waals surface area contributed by atoms with Crippen LogP contribution in [0.4, 0.5) is 0 Å². The van der Waals surface area contributed by atoms with Crippen molar-refractivity contribution in [2.45, 2.75) is 38.2 Å². The van der Waals surface area contributed by atoms with E-state index < -0.39 is 0 Å². The average Bonchev–Trinajstić information content (AvgIpc) is 2.99. The Labute approximate surface area is 140 Å². The molecule has 0 aliphatic rings. The van der Waals surface area contributed by atoms with E-state index in [1.165, 1.54) is 16.7 Å². The standard InChI is InChI=1S/C17H19N5S/c1-4-22-16(15-10-18-7-8-19-15)20-21-17(22)23-11-14-9-12(2)5-6-13(14)3/h5-10H,4,11H2,1-3H3. The minimum Gasteiger partial charge on any atom is -0.301 e. The molecule has 3 rings (SSSR count). The highest BCUT2D eigenvalue weighted by Gasteiger charge is 2.14. The van der Waals surface area contributed by atoms with Gasteiger partial charge in [0.2, 0.25) is 0 Å². The van der Waals surface area contributed by atoms with E-state index in [-0.39, 0.29) is 0 Å². The van der Waals surface area contributed by atoms with E-state index >= 15 is 0 Å². The van der Waals surface area contributed by atoms with Gasteiger partial charge in [-0.3, -0.25) is 4.98 Å². The zero-order valence-corrected chi connectivity index (χ0v) is 14.3. The number of nitrogens with zero attached hydrogens (tertiary/aromatic N) is 5. The number of thioether (sulfide) groups is 1. The van der Waals surface area contributed by atoms with Crippen LogP contribution >= 0.6 is 11.8 Å². The molecule has 0 unspecified atom stereocenters. The topological polar surface area (TPSA) is 56.5 Å². The third-order valence-corrected chi connectivity index (χ3v) is 4.70. The lowest BCUT2D eigenvalue weighted by molar-refractivity contribution is 0.685. The molecule has 2 aromatic heterocycles. The minimum absolute atomic E-state index is 0.750. The lowest BCUT2D eigenvalue weighted by Gasteiger charge is -2.08. The minimum atomic E-state index is 0.750. The van der Waals surface area contributed by atoms with Gasteiger partial charge < -0.3 is 4.57 Å². The van der Waals surface area contributed by atoms with Crippen LogP contribution in [0.15, 0.2) is 41.9 Å². The summed E-state index contributed by atoms with van der Waals surface area (Å²) in [5.74, 6) is 1.65. The Kier molecular flexibility index (Phi) is 4.71. The van der Waals surface area contributed by atoms with Gasteiger partial charge >= 0.3 is 0 Å². The van der Waals surface area contributed by atoms with Crippen LogP contribution in [0.3, 0.4) is 0 Å². The van der Waals surface area contributed by atoms with E-state index in [0.717, 1.165) is 29.0 Å². The number of rotatable bonds is 5. The van der Waals surface area contributed by atoms with Gasteiger partial charge in [-0.05, 0) is 31.9 Å². The maximum absolute atomic E-state index is 4.34. The van der Waals surface area contributed by atoms with Gasteiger partial charge in [0.25, 0.3) is 0 Å². The molecule has 6 heteroatoms. The normalized spacial score (nSPS) is 10.9. The maximum atomic E-state index is 4.34. The van der Waals surface area contributed by atoms with Crippen LogP contribution in [-0.2, 0) is 12.3 Å². The van der Waals surface area contributed by atoms with Crippen molar-refractivity contribution in [1.29, 1.82) is 0 Å². The van der Waals surface area contributed by atoms with Gasteiger partial charge in [-0.25, -0.2) is 4.98 Å². The monoisotopic (exact) mass is 325 g/mol. The van der Waals surface area contributed by atoms with Gasteiger partial charge in [0.15, 0.2) is 11.0 Å². The summed E-state index contributed by atoms with van der Waals surface area (Å²) >= 11 is 1.70. The average molecular weight is 325 g/mol. The van der Waals surface area contributed by atoms with Gasteiger partial charge in [0.05, 0.1) is 6.20 Å². The van der Waals surface area contributed by atoms with Gasteiger partial charge in [-0.1, -0.05) is 35.5 Å². The van der Waals surface area contributed by atoms with E-state index in [4.69, 9.17) is 0 Å². The van der Waals surface area contributed by atoms with E-state index in [9.17, 15) is 0 Å². The number of benzene rings is 1. The zero-order valence-electron chi connectivity index (χ0n) is 13.5. The van der Waals surface area contributed by atoms with Gasteiger partial charge in [0.1, 0.15) is 5.69 Å². The highest BCUT2D eigenvalue weighted by atomic mass is 32.2. The Morgan fingerprint density at radius 3 is 2.74 bits per heavy atom. The number of hydrogen-bond donors (Lipinski definition) is 0. The highest BCUT2D eigenvalue weighted by molar-refractivity contribution is 7.98. The van der Waals surface area contributed by atoms with Gasteiger partial charge in [-0.15, -0.1) is 10.2 Å². The molecule has 0 radical (unpaired) electrons. The van der Waals surface area contributed by atoms with Crippen molar-refractivity contribution in [1.82, 2.24) is 24.7 Å². The summed E-state index contributed by atoms with van der Waals surface area (Å²) in [6, 6.07) is 6.55. The molecule has 0 saturated carbocycles. The summed E-state index contributed by atoms with van der Waals surface area (Å²) in [5.41, 5.74) is 4.67. The van der Waals surface area contributed by atoms with Crippen molar-refractivity contribution in [2.75, 3.05) is 0 Å². The molecule has 0 atom stereocenters. The third-order valence-electron chi connectivity index (χ3n) is 3.69. The lowest BCUT2D eigenvalue weighted by Crippen LogP contribution is -2.01. The highest BCUT2D eigenvalue weighted by Crippen LogP contribution is 2.26. The molecule has 0 N–H and O–H groups in total. The summed E-state index contributed by atoms with van der Waals surface area (Å²) in [6.07, 6.45) is 5.05. The zero-order chi connectivity index (χ0) is 16.2.